The summed E-state index contributed by atoms with van der Waals surface area (Å²) in [6.07, 6.45) is 8.72. The number of aryl methyl sites for hydroxylation is 1. The molecule has 2 atom stereocenters. The molecule has 0 radical (unpaired) electrons. The van der Waals surface area contributed by atoms with E-state index in [4.69, 9.17) is 17.0 Å². The molecule has 1 N–H and O–H groups in total. The minimum absolute atomic E-state index is 0.477. The molecule has 33 heavy (non-hydrogen) atoms. The molecule has 0 saturated heterocycles. The lowest BCUT2D eigenvalue weighted by Crippen LogP contribution is -2.46. The average Bonchev–Trinajstić information content (AvgIpc) is 2.84. The molecule has 1 aliphatic carbocycles. The molecule has 2 aromatic carbocycles. The van der Waals surface area contributed by atoms with Gasteiger partial charge in [0.25, 0.3) is 0 Å². The van der Waals surface area contributed by atoms with E-state index in [9.17, 15) is 0 Å². The van der Waals surface area contributed by atoms with Crippen molar-refractivity contribution < 1.29 is 4.74 Å². The van der Waals surface area contributed by atoms with E-state index in [1.165, 1.54) is 68.3 Å². The summed E-state index contributed by atoms with van der Waals surface area (Å²) < 4.78 is 5.30. The maximum absolute atomic E-state index is 6.00. The van der Waals surface area contributed by atoms with E-state index >= 15 is 0 Å². The quantitative estimate of drug-likeness (QED) is 0.463. The monoisotopic (exact) mass is 465 g/mol. The number of rotatable bonds is 7. The number of nitrogens with one attached hydrogen (secondary N) is 1. The number of fused-ring (bicyclic) bond motifs is 1. The van der Waals surface area contributed by atoms with Crippen LogP contribution in [0, 0.1) is 5.92 Å². The Bertz CT molecular complexity index is 929. The van der Waals surface area contributed by atoms with Gasteiger partial charge in [-0.1, -0.05) is 38.8 Å². The summed E-state index contributed by atoms with van der Waals surface area (Å²) in [6, 6.07) is 15.6. The van der Waals surface area contributed by atoms with Crippen molar-refractivity contribution in [2.45, 2.75) is 71.4 Å². The van der Waals surface area contributed by atoms with Gasteiger partial charge in [-0.25, -0.2) is 0 Å². The summed E-state index contributed by atoms with van der Waals surface area (Å²) in [5, 5.41) is 4.33. The van der Waals surface area contributed by atoms with Gasteiger partial charge in [0, 0.05) is 37.1 Å². The fraction of sp³-hybridized carbons (Fsp3) is 0.536. The molecular formula is C28H39N3OS. The molecule has 1 heterocycles. The van der Waals surface area contributed by atoms with Crippen LogP contribution in [-0.2, 0) is 13.0 Å². The zero-order valence-corrected chi connectivity index (χ0v) is 21.3. The molecule has 5 heteroatoms. The molecular weight excluding hydrogens is 426 g/mol. The zero-order valence-electron chi connectivity index (χ0n) is 20.5. The number of nitrogens with zero attached hydrogens (tertiary/aromatic N) is 2. The first-order chi connectivity index (χ1) is 16.1. The first-order valence-corrected chi connectivity index (χ1v) is 13.1. The number of hydrogen-bond acceptors (Lipinski definition) is 3. The summed E-state index contributed by atoms with van der Waals surface area (Å²) in [7, 11) is 1.69. The van der Waals surface area contributed by atoms with Gasteiger partial charge in [0.05, 0.1) is 7.11 Å². The van der Waals surface area contributed by atoms with E-state index in [-0.39, 0.29) is 0 Å². The van der Waals surface area contributed by atoms with Gasteiger partial charge in [0.15, 0.2) is 5.11 Å². The van der Waals surface area contributed by atoms with Crippen molar-refractivity contribution in [3.63, 3.8) is 0 Å². The van der Waals surface area contributed by atoms with Crippen LogP contribution in [0.25, 0.3) is 0 Å². The standard InChI is InChI=1S/C28H39N3OS/c1-4-17-30-18-7-9-23-19-22(11-16-27(23)30)20-31(26-10-6-5-8-21(26)2)28(33)29-24-12-14-25(32-3)15-13-24/h11-16,19,21,26H,4-10,17-18,20H2,1-3H3,(H,29,33)/t21-,26-/m1/s1. The lowest BCUT2D eigenvalue weighted by molar-refractivity contribution is 0.177. The maximum atomic E-state index is 6.00. The van der Waals surface area contributed by atoms with E-state index in [1.54, 1.807) is 7.11 Å². The number of anilines is 2. The summed E-state index contributed by atoms with van der Waals surface area (Å²) in [5.41, 5.74) is 5.31. The highest BCUT2D eigenvalue weighted by Gasteiger charge is 2.29. The molecule has 0 aromatic heterocycles. The number of benzene rings is 2. The molecule has 0 bridgehead atoms. The van der Waals surface area contributed by atoms with Crippen molar-refractivity contribution in [2.24, 2.45) is 5.92 Å². The molecule has 0 amide bonds. The Hall–Kier alpha value is -2.27. The second-order valence-electron chi connectivity index (χ2n) is 9.67. The number of thiocarbonyl (C=S) groups is 1. The zero-order chi connectivity index (χ0) is 23.2. The number of ether oxygens (including phenoxy) is 1. The van der Waals surface area contributed by atoms with Gasteiger partial charge in [0.2, 0.25) is 0 Å². The molecule has 2 aliphatic rings. The van der Waals surface area contributed by atoms with Gasteiger partial charge in [-0.2, -0.15) is 0 Å². The molecule has 1 aliphatic heterocycles. The Morgan fingerprint density at radius 1 is 1.12 bits per heavy atom. The molecule has 0 unspecified atom stereocenters. The van der Waals surface area contributed by atoms with E-state index in [1.807, 2.05) is 24.3 Å². The highest BCUT2D eigenvalue weighted by molar-refractivity contribution is 7.80. The summed E-state index contributed by atoms with van der Waals surface area (Å²) in [5.74, 6) is 1.50. The summed E-state index contributed by atoms with van der Waals surface area (Å²) in [6.45, 7) is 7.85. The lowest BCUT2D eigenvalue weighted by atomic mass is 9.84. The Kier molecular flexibility index (Phi) is 8.13. The minimum atomic E-state index is 0.477. The van der Waals surface area contributed by atoms with E-state index < -0.39 is 0 Å². The normalized spacial score (nSPS) is 20.2. The molecule has 4 rings (SSSR count). The first kappa shape index (κ1) is 23.9. The highest BCUT2D eigenvalue weighted by atomic mass is 32.1. The molecule has 1 fully saturated rings. The fourth-order valence-corrected chi connectivity index (χ4v) is 5.81. The fourth-order valence-electron chi connectivity index (χ4n) is 5.49. The van der Waals surface area contributed by atoms with Crippen molar-refractivity contribution >= 4 is 28.7 Å². The van der Waals surface area contributed by atoms with Crippen molar-refractivity contribution in [2.75, 3.05) is 30.4 Å². The van der Waals surface area contributed by atoms with Gasteiger partial charge >= 0.3 is 0 Å². The molecule has 178 valence electrons. The van der Waals surface area contributed by atoms with Crippen LogP contribution in [0.2, 0.25) is 0 Å². The second kappa shape index (κ2) is 11.2. The molecule has 1 saturated carbocycles. The van der Waals surface area contributed by atoms with Gasteiger partial charge in [-0.05, 0) is 91.7 Å². The van der Waals surface area contributed by atoms with Crippen LogP contribution in [0.5, 0.6) is 5.75 Å². The van der Waals surface area contributed by atoms with E-state index in [0.717, 1.165) is 29.6 Å². The first-order valence-electron chi connectivity index (χ1n) is 12.7. The van der Waals surface area contributed by atoms with E-state index in [0.29, 0.717) is 12.0 Å². The van der Waals surface area contributed by atoms with Gasteiger partial charge in [0.1, 0.15) is 5.75 Å². The predicted octanol–water partition coefficient (Wildman–Crippen LogP) is 6.64. The van der Waals surface area contributed by atoms with Gasteiger partial charge < -0.3 is 19.9 Å². The van der Waals surface area contributed by atoms with E-state index in [2.05, 4.69) is 47.2 Å². The SMILES string of the molecule is CCCN1CCCc2cc(CN(C(=S)Nc3ccc(OC)cc3)[C@@H]3CCCC[C@H]3C)ccc21. The van der Waals surface area contributed by atoms with Crippen LogP contribution in [0.15, 0.2) is 42.5 Å². The largest absolute Gasteiger partial charge is 0.497 e. The molecule has 4 nitrogen and oxygen atoms in total. The number of hydrogen-bond donors (Lipinski definition) is 1. The third-order valence-corrected chi connectivity index (χ3v) is 7.61. The summed E-state index contributed by atoms with van der Waals surface area (Å²) in [4.78, 5) is 5.01. The Balaban J connectivity index is 1.55. The van der Waals surface area contributed by atoms with Crippen LogP contribution in [0.4, 0.5) is 11.4 Å². The minimum Gasteiger partial charge on any atom is -0.497 e. The topological polar surface area (TPSA) is 27.7 Å². The highest BCUT2D eigenvalue weighted by Crippen LogP contribution is 2.32. The Morgan fingerprint density at radius 2 is 1.91 bits per heavy atom. The molecule has 0 spiro atoms. The molecule has 2 aromatic rings. The van der Waals surface area contributed by atoms with Crippen LogP contribution < -0.4 is 15.0 Å². The van der Waals surface area contributed by atoms with Gasteiger partial charge in [-0.3, -0.25) is 0 Å². The van der Waals surface area contributed by atoms with Crippen molar-refractivity contribution in [3.05, 3.63) is 53.6 Å². The second-order valence-corrected chi connectivity index (χ2v) is 10.1. The van der Waals surface area contributed by atoms with Crippen LogP contribution in [-0.4, -0.2) is 36.3 Å². The lowest BCUT2D eigenvalue weighted by Gasteiger charge is -2.40. The van der Waals surface area contributed by atoms with Crippen molar-refractivity contribution in [1.82, 2.24) is 4.90 Å². The maximum Gasteiger partial charge on any atom is 0.173 e. The predicted molar refractivity (Wildman–Crippen MR) is 143 cm³/mol. The third kappa shape index (κ3) is 5.81. The van der Waals surface area contributed by atoms with Gasteiger partial charge in [-0.15, -0.1) is 0 Å². The van der Waals surface area contributed by atoms with Crippen molar-refractivity contribution in [1.29, 1.82) is 0 Å². The van der Waals surface area contributed by atoms with Crippen LogP contribution in [0.3, 0.4) is 0 Å². The Labute approximate surface area is 205 Å². The smallest absolute Gasteiger partial charge is 0.173 e. The average molecular weight is 466 g/mol. The summed E-state index contributed by atoms with van der Waals surface area (Å²) >= 11 is 6.00. The number of methoxy groups -OCH3 is 1. The Morgan fingerprint density at radius 3 is 2.64 bits per heavy atom. The van der Waals surface area contributed by atoms with Crippen LogP contribution in [0.1, 0.15) is 63.5 Å². The van der Waals surface area contributed by atoms with Crippen molar-refractivity contribution in [3.8, 4) is 5.75 Å². The third-order valence-electron chi connectivity index (χ3n) is 7.27. The van der Waals surface area contributed by atoms with Crippen LogP contribution >= 0.6 is 12.2 Å².